The molecule has 1 N–H and O–H groups in total. The van der Waals surface area contributed by atoms with Gasteiger partial charge in [-0.3, -0.25) is 0 Å². The largest absolute Gasteiger partial charge is 0.505 e. The molecule has 1 fully saturated rings. The number of hydrogen-bond acceptors (Lipinski definition) is 6. The average molecular weight is 430 g/mol. The third kappa shape index (κ3) is 4.08. The van der Waals surface area contributed by atoms with Crippen molar-refractivity contribution in [1.82, 2.24) is 9.29 Å². The minimum atomic E-state index is -3.90. The fourth-order valence-corrected chi connectivity index (χ4v) is 5.15. The van der Waals surface area contributed by atoms with Gasteiger partial charge in [0.1, 0.15) is 15.7 Å². The van der Waals surface area contributed by atoms with Crippen molar-refractivity contribution in [1.29, 1.82) is 0 Å². The first-order valence-electron chi connectivity index (χ1n) is 8.51. The minimum Gasteiger partial charge on any atom is -0.505 e. The van der Waals surface area contributed by atoms with Gasteiger partial charge >= 0.3 is 0 Å². The quantitative estimate of drug-likeness (QED) is 0.755. The van der Waals surface area contributed by atoms with Crippen molar-refractivity contribution < 1.29 is 22.3 Å². The van der Waals surface area contributed by atoms with E-state index in [0.717, 1.165) is 22.1 Å². The molecular formula is C18H21F2N3O3S2. The number of benzene rings is 1. The van der Waals surface area contributed by atoms with Gasteiger partial charge in [-0.15, -0.1) is 0 Å². The normalized spacial score (nSPS) is 16.8. The first kappa shape index (κ1) is 20.8. The summed E-state index contributed by atoms with van der Waals surface area (Å²) >= 11 is 1.04. The first-order valence-corrected chi connectivity index (χ1v) is 10.8. The third-order valence-electron chi connectivity index (χ3n) is 4.47. The Balaban J connectivity index is 2.06. The van der Waals surface area contributed by atoms with Crippen molar-refractivity contribution in [3.63, 3.8) is 0 Å². The van der Waals surface area contributed by atoms with E-state index >= 15 is 0 Å². The number of halogens is 2. The summed E-state index contributed by atoms with van der Waals surface area (Å²) in [6, 6.07) is 10.2. The van der Waals surface area contributed by atoms with E-state index in [9.17, 15) is 22.3 Å². The summed E-state index contributed by atoms with van der Waals surface area (Å²) in [6.07, 6.45) is -0.583. The van der Waals surface area contributed by atoms with E-state index in [-0.39, 0.29) is 39.6 Å². The Labute approximate surface area is 167 Å². The Morgan fingerprint density at radius 1 is 1.18 bits per heavy atom. The standard InChI is InChI=1S/C18H21F2N3O3S2/c1-22(2)28(25,26)15-9-14(24)17(27-13-10-18(19,20)11-13)21-16(15)23(3)12-7-5-4-6-8-12/h4-9,13,24H,10-11H2,1-3H3. The second kappa shape index (κ2) is 7.49. The van der Waals surface area contributed by atoms with Gasteiger partial charge in [0, 0.05) is 51.0 Å². The number of alkyl halides is 2. The Kier molecular flexibility index (Phi) is 5.57. The van der Waals surface area contributed by atoms with E-state index in [2.05, 4.69) is 4.98 Å². The molecule has 6 nitrogen and oxygen atoms in total. The van der Waals surface area contributed by atoms with Crippen LogP contribution in [-0.2, 0) is 10.0 Å². The summed E-state index contributed by atoms with van der Waals surface area (Å²) in [5, 5.41) is 10.1. The summed E-state index contributed by atoms with van der Waals surface area (Å²) in [6.45, 7) is 0. The smallest absolute Gasteiger partial charge is 0.250 e. The molecule has 0 radical (unpaired) electrons. The summed E-state index contributed by atoms with van der Waals surface area (Å²) in [5.41, 5.74) is 0.696. The second-order valence-corrected chi connectivity index (χ2v) is 10.2. The number of aromatic nitrogens is 1. The SMILES string of the molecule is CN(c1ccccc1)c1nc(SC2CC(F)(F)C2)c(O)cc1S(=O)(=O)N(C)C. The molecule has 2 aromatic rings. The Bertz CT molecular complexity index is 962. The van der Waals surface area contributed by atoms with Crippen LogP contribution in [0.3, 0.4) is 0 Å². The topological polar surface area (TPSA) is 73.7 Å². The Morgan fingerprint density at radius 2 is 1.79 bits per heavy atom. The van der Waals surface area contributed by atoms with Gasteiger partial charge in [0.15, 0.2) is 5.82 Å². The van der Waals surface area contributed by atoms with E-state index < -0.39 is 15.9 Å². The van der Waals surface area contributed by atoms with Crippen molar-refractivity contribution in [2.24, 2.45) is 0 Å². The predicted octanol–water partition coefficient (Wildman–Crippen LogP) is 3.70. The highest BCUT2D eigenvalue weighted by Crippen LogP contribution is 2.48. The van der Waals surface area contributed by atoms with Gasteiger partial charge in [-0.25, -0.2) is 26.5 Å². The molecule has 10 heteroatoms. The molecule has 1 heterocycles. The number of nitrogens with zero attached hydrogens (tertiary/aromatic N) is 3. The molecule has 1 aliphatic rings. The molecule has 3 rings (SSSR count). The van der Waals surface area contributed by atoms with Gasteiger partial charge < -0.3 is 10.0 Å². The van der Waals surface area contributed by atoms with Crippen LogP contribution >= 0.6 is 11.8 Å². The lowest BCUT2D eigenvalue weighted by Crippen LogP contribution is -2.37. The van der Waals surface area contributed by atoms with Crippen molar-refractivity contribution in [2.45, 2.75) is 33.9 Å². The maximum absolute atomic E-state index is 13.1. The molecule has 152 valence electrons. The zero-order chi connectivity index (χ0) is 20.7. The lowest BCUT2D eigenvalue weighted by Gasteiger charge is -2.34. The highest BCUT2D eigenvalue weighted by molar-refractivity contribution is 8.00. The number of anilines is 2. The van der Waals surface area contributed by atoms with E-state index in [4.69, 9.17) is 0 Å². The van der Waals surface area contributed by atoms with Crippen LogP contribution in [0.1, 0.15) is 12.8 Å². The van der Waals surface area contributed by atoms with Crippen molar-refractivity contribution in [2.75, 3.05) is 26.0 Å². The third-order valence-corrected chi connectivity index (χ3v) is 7.47. The van der Waals surface area contributed by atoms with Crippen LogP contribution in [0.2, 0.25) is 0 Å². The molecule has 28 heavy (non-hydrogen) atoms. The molecule has 0 aliphatic heterocycles. The lowest BCUT2D eigenvalue weighted by atomic mass is 9.94. The van der Waals surface area contributed by atoms with Gasteiger partial charge in [-0.2, -0.15) is 0 Å². The Hall–Kier alpha value is -1.91. The number of aromatic hydroxyl groups is 1. The van der Waals surface area contributed by atoms with Crippen LogP contribution in [0.15, 0.2) is 46.3 Å². The molecular weight excluding hydrogens is 408 g/mol. The summed E-state index contributed by atoms with van der Waals surface area (Å²) in [4.78, 5) is 5.79. The fraction of sp³-hybridized carbons (Fsp3) is 0.389. The van der Waals surface area contributed by atoms with E-state index in [1.165, 1.54) is 14.1 Å². The van der Waals surface area contributed by atoms with Gasteiger partial charge in [0.05, 0.1) is 0 Å². The molecule has 0 amide bonds. The zero-order valence-corrected chi connectivity index (χ0v) is 17.3. The van der Waals surface area contributed by atoms with Crippen molar-refractivity contribution >= 4 is 33.3 Å². The number of hydrogen-bond donors (Lipinski definition) is 1. The molecule has 1 aromatic carbocycles. The van der Waals surface area contributed by atoms with E-state index in [1.54, 1.807) is 36.2 Å². The van der Waals surface area contributed by atoms with Gasteiger partial charge in [-0.05, 0) is 12.1 Å². The van der Waals surface area contributed by atoms with Gasteiger partial charge in [0.25, 0.3) is 0 Å². The monoisotopic (exact) mass is 429 g/mol. The van der Waals surface area contributed by atoms with E-state index in [0.29, 0.717) is 5.69 Å². The molecule has 0 bridgehead atoms. The molecule has 0 atom stereocenters. The minimum absolute atomic E-state index is 0.117. The summed E-state index contributed by atoms with van der Waals surface area (Å²) in [7, 11) is 0.537. The highest BCUT2D eigenvalue weighted by atomic mass is 32.2. The van der Waals surface area contributed by atoms with Crippen molar-refractivity contribution in [3.05, 3.63) is 36.4 Å². The lowest BCUT2D eigenvalue weighted by molar-refractivity contribution is -0.0667. The summed E-state index contributed by atoms with van der Waals surface area (Å²) < 4.78 is 52.9. The van der Waals surface area contributed by atoms with Gasteiger partial charge in [-0.1, -0.05) is 30.0 Å². The van der Waals surface area contributed by atoms with Crippen LogP contribution in [-0.4, -0.2) is 55.1 Å². The predicted molar refractivity (Wildman–Crippen MR) is 105 cm³/mol. The van der Waals surface area contributed by atoms with Crippen LogP contribution in [0.25, 0.3) is 0 Å². The number of rotatable bonds is 6. The number of para-hydroxylation sites is 1. The maximum atomic E-state index is 13.1. The molecule has 1 saturated carbocycles. The highest BCUT2D eigenvalue weighted by Gasteiger charge is 2.46. The Morgan fingerprint density at radius 3 is 2.32 bits per heavy atom. The van der Waals surface area contributed by atoms with Crippen molar-refractivity contribution in [3.8, 4) is 5.75 Å². The van der Waals surface area contributed by atoms with Crippen LogP contribution < -0.4 is 4.90 Å². The number of sulfonamides is 1. The number of pyridine rings is 1. The molecule has 0 unspecified atom stereocenters. The molecule has 0 saturated heterocycles. The average Bonchev–Trinajstić information content (AvgIpc) is 2.61. The zero-order valence-electron chi connectivity index (χ0n) is 15.6. The van der Waals surface area contributed by atoms with Crippen LogP contribution in [0, 0.1) is 0 Å². The van der Waals surface area contributed by atoms with Crippen LogP contribution in [0.4, 0.5) is 20.3 Å². The van der Waals surface area contributed by atoms with Gasteiger partial charge in [0.2, 0.25) is 15.9 Å². The summed E-state index contributed by atoms with van der Waals surface area (Å²) in [5.74, 6) is -2.91. The molecule has 1 aliphatic carbocycles. The number of thioether (sulfide) groups is 1. The van der Waals surface area contributed by atoms with Crippen LogP contribution in [0.5, 0.6) is 5.75 Å². The molecule has 1 aromatic heterocycles. The maximum Gasteiger partial charge on any atom is 0.250 e. The molecule has 0 spiro atoms. The first-order chi connectivity index (χ1) is 13.0. The fourth-order valence-electron chi connectivity index (χ4n) is 2.79. The van der Waals surface area contributed by atoms with E-state index in [1.807, 2.05) is 6.07 Å². The second-order valence-electron chi connectivity index (χ2n) is 6.82.